The molecular formula is C58H59N3O24. The summed E-state index contributed by atoms with van der Waals surface area (Å²) in [7, 11) is 0. The van der Waals surface area contributed by atoms with Crippen molar-refractivity contribution in [2.24, 2.45) is 10.8 Å². The van der Waals surface area contributed by atoms with Gasteiger partial charge in [-0.3, -0.25) is 38.4 Å². The Labute approximate surface area is 484 Å². The van der Waals surface area contributed by atoms with Crippen molar-refractivity contribution in [2.45, 2.75) is 73.5 Å². The van der Waals surface area contributed by atoms with Crippen LogP contribution in [0.5, 0.6) is 23.0 Å². The maximum Gasteiger partial charge on any atom is 0.342 e. The van der Waals surface area contributed by atoms with E-state index in [0.717, 1.165) is 53.1 Å². The first-order chi connectivity index (χ1) is 40.2. The lowest BCUT2D eigenvalue weighted by Gasteiger charge is -2.32. The highest BCUT2D eigenvalue weighted by atomic mass is 16.6. The number of aryl methyl sites for hydroxylation is 1. The summed E-state index contributed by atoms with van der Waals surface area (Å²) in [5.41, 5.74) is -7.44. The number of para-hydroxylation sites is 4. The average molecular weight is 1180 g/mol. The van der Waals surface area contributed by atoms with Crippen LogP contribution in [-0.2, 0) is 84.5 Å². The molecule has 0 bridgehead atoms. The molecule has 4 aromatic carbocycles. The summed E-state index contributed by atoms with van der Waals surface area (Å²) in [5.74, 6) is -13.1. The van der Waals surface area contributed by atoms with Gasteiger partial charge in [0.2, 0.25) is 0 Å². The zero-order chi connectivity index (χ0) is 62.5. The van der Waals surface area contributed by atoms with Gasteiger partial charge in [-0.05, 0) is 82.1 Å². The maximum absolute atomic E-state index is 14.5. The minimum atomic E-state index is -2.45. The Morgan fingerprint density at radius 3 is 1.26 bits per heavy atom. The lowest BCUT2D eigenvalue weighted by atomic mass is 9.91. The van der Waals surface area contributed by atoms with Gasteiger partial charge in [0.05, 0.1) is 17.9 Å². The van der Waals surface area contributed by atoms with Crippen molar-refractivity contribution in [3.05, 3.63) is 131 Å². The number of Topliss-reactive ketones (excluding diaryl/α,β-unsaturated/α-hetero) is 1. The van der Waals surface area contributed by atoms with Crippen LogP contribution in [0.1, 0.15) is 102 Å². The molecule has 5 rings (SSSR count). The summed E-state index contributed by atoms with van der Waals surface area (Å²) in [5, 5.41) is 16.8. The number of hydrogen-bond donors (Lipinski definition) is 1. The van der Waals surface area contributed by atoms with Crippen LogP contribution in [-0.4, -0.2) is 143 Å². The first-order valence-corrected chi connectivity index (χ1v) is 25.6. The van der Waals surface area contributed by atoms with Gasteiger partial charge in [0.15, 0.2) is 11.4 Å². The molecule has 0 aliphatic heterocycles. The molecule has 5 aromatic rings. The van der Waals surface area contributed by atoms with Crippen LogP contribution >= 0.6 is 0 Å². The SMILES string of the molecule is CC(=O)Oc1ccccc1C(=O)COC(C)(COC(=O)c1ccccc1OC(C)=O)C(=O)OCC(C)(COC(=O)C(C)(COC(=O)c1ccccc1OC(C)=O)COC(=O)c1ccccc1OC(C)=O)C(=O)OCCCc1cn(CC(=O)O)nn1. The summed E-state index contributed by atoms with van der Waals surface area (Å²) in [6.45, 7) is 1.05. The summed E-state index contributed by atoms with van der Waals surface area (Å²) in [6, 6.07) is 21.9. The third kappa shape index (κ3) is 19.5. The number of benzene rings is 4. The average Bonchev–Trinajstić information content (AvgIpc) is 4.08. The quantitative estimate of drug-likeness (QED) is 0.0211. The highest BCUT2D eigenvalue weighted by Crippen LogP contribution is 2.30. The van der Waals surface area contributed by atoms with Crippen molar-refractivity contribution in [2.75, 3.05) is 46.2 Å². The summed E-state index contributed by atoms with van der Waals surface area (Å²) in [6.07, 6.45) is 1.54. The number of carboxylic acids is 1. The molecule has 0 amide bonds. The normalized spacial score (nSPS) is 12.3. The topological polar surface area (TPSA) is 357 Å². The Morgan fingerprint density at radius 1 is 0.471 bits per heavy atom. The highest BCUT2D eigenvalue weighted by Gasteiger charge is 2.46. The van der Waals surface area contributed by atoms with Gasteiger partial charge in [0.25, 0.3) is 0 Å². The van der Waals surface area contributed by atoms with E-state index < -0.39 is 134 Å². The number of nitrogens with zero attached hydrogens (tertiary/aromatic N) is 3. The molecule has 0 aliphatic rings. The fourth-order valence-corrected chi connectivity index (χ4v) is 7.28. The first kappa shape index (κ1) is 65.6. The van der Waals surface area contributed by atoms with Crippen LogP contribution in [0.25, 0.3) is 0 Å². The smallest absolute Gasteiger partial charge is 0.342 e. The van der Waals surface area contributed by atoms with Crippen molar-refractivity contribution in [3.8, 4) is 23.0 Å². The van der Waals surface area contributed by atoms with Crippen LogP contribution in [0.4, 0.5) is 0 Å². The molecule has 1 heterocycles. The second-order valence-corrected chi connectivity index (χ2v) is 19.3. The van der Waals surface area contributed by atoms with Crippen molar-refractivity contribution in [1.29, 1.82) is 0 Å². The Morgan fingerprint density at radius 2 is 0.835 bits per heavy atom. The van der Waals surface area contributed by atoms with Gasteiger partial charge in [0.1, 0.15) is 96.7 Å². The van der Waals surface area contributed by atoms with Crippen molar-refractivity contribution in [1.82, 2.24) is 15.0 Å². The number of aromatic nitrogens is 3. The Bertz CT molecular complexity index is 3000. The van der Waals surface area contributed by atoms with E-state index in [1.54, 1.807) is 0 Å². The molecule has 450 valence electrons. The van der Waals surface area contributed by atoms with Gasteiger partial charge >= 0.3 is 65.7 Å². The first-order valence-electron chi connectivity index (χ1n) is 25.6. The fourth-order valence-electron chi connectivity index (χ4n) is 7.28. The largest absolute Gasteiger partial charge is 0.480 e. The highest BCUT2D eigenvalue weighted by molar-refractivity contribution is 6.00. The number of carbonyl (C=O) groups excluding carboxylic acids is 11. The van der Waals surface area contributed by atoms with Gasteiger partial charge in [-0.1, -0.05) is 53.7 Å². The molecule has 2 unspecified atom stereocenters. The van der Waals surface area contributed by atoms with Gasteiger partial charge in [0, 0.05) is 33.9 Å². The maximum atomic E-state index is 14.5. The molecule has 0 saturated heterocycles. The summed E-state index contributed by atoms with van der Waals surface area (Å²) < 4.78 is 61.2. The molecule has 0 aliphatic carbocycles. The minimum absolute atomic E-state index is 0.0651. The number of carbonyl (C=O) groups is 12. The van der Waals surface area contributed by atoms with Gasteiger partial charge < -0.3 is 57.2 Å². The van der Waals surface area contributed by atoms with Crippen LogP contribution in [0.15, 0.2) is 103 Å². The van der Waals surface area contributed by atoms with Gasteiger partial charge in [-0.25, -0.2) is 23.9 Å². The van der Waals surface area contributed by atoms with Gasteiger partial charge in [-0.2, -0.15) is 0 Å². The lowest BCUT2D eigenvalue weighted by Crippen LogP contribution is -2.49. The third-order valence-corrected chi connectivity index (χ3v) is 11.7. The van der Waals surface area contributed by atoms with Crippen LogP contribution < -0.4 is 18.9 Å². The molecule has 0 spiro atoms. The van der Waals surface area contributed by atoms with Crippen LogP contribution in [0.3, 0.4) is 0 Å². The standard InChI is InChI=1S/C58H59N3O24/c1-35(62)82-45-22-12-8-18-40(45)44(66)29-81-58(7,34-78-52(71)43-21-11-15-25-48(43)85-38(4)65)55(74)80-33-57(6,53(72)75-26-16-17-39-27-61(60-59-39)28-49(67)68)32-79-54(73)56(5,30-76-50(69)41-19-9-13-23-46(41)83-36(2)63)31-77-51(70)42-20-10-14-24-47(42)84-37(3)64/h8-15,18-25,27H,16-17,26,28-34H2,1-7H3,(H,67,68). The number of aliphatic carboxylic acids is 1. The van der Waals surface area contributed by atoms with Crippen LogP contribution in [0, 0.1) is 10.8 Å². The molecule has 27 nitrogen and oxygen atoms in total. The third-order valence-electron chi connectivity index (χ3n) is 11.7. The number of esters is 10. The van der Waals surface area contributed by atoms with E-state index in [1.807, 2.05) is 0 Å². The number of hydrogen-bond acceptors (Lipinski definition) is 25. The lowest BCUT2D eigenvalue weighted by molar-refractivity contribution is -0.185. The predicted molar refractivity (Wildman–Crippen MR) is 286 cm³/mol. The van der Waals surface area contributed by atoms with Crippen molar-refractivity contribution < 1.29 is 115 Å². The van der Waals surface area contributed by atoms with E-state index in [0.29, 0.717) is 5.69 Å². The zero-order valence-electron chi connectivity index (χ0n) is 47.1. The second-order valence-electron chi connectivity index (χ2n) is 19.3. The van der Waals surface area contributed by atoms with Crippen molar-refractivity contribution >= 4 is 71.4 Å². The Balaban J connectivity index is 1.46. The van der Waals surface area contributed by atoms with E-state index in [9.17, 15) is 57.5 Å². The minimum Gasteiger partial charge on any atom is -0.480 e. The van der Waals surface area contributed by atoms with Crippen LogP contribution in [0.2, 0.25) is 0 Å². The molecule has 1 N–H and O–H groups in total. The van der Waals surface area contributed by atoms with E-state index in [1.165, 1.54) is 103 Å². The van der Waals surface area contributed by atoms with E-state index in [2.05, 4.69) is 10.3 Å². The van der Waals surface area contributed by atoms with Gasteiger partial charge in [-0.15, -0.1) is 5.10 Å². The van der Waals surface area contributed by atoms with Crippen molar-refractivity contribution in [3.63, 3.8) is 0 Å². The number of ketones is 1. The summed E-state index contributed by atoms with van der Waals surface area (Å²) in [4.78, 5) is 156. The Kier molecular flexibility index (Phi) is 23.3. The zero-order valence-corrected chi connectivity index (χ0v) is 47.1. The fraction of sp³-hybridized carbons (Fsp3) is 0.345. The predicted octanol–water partition coefficient (Wildman–Crippen LogP) is 4.87. The second kappa shape index (κ2) is 30.2. The number of ether oxygens (including phenoxy) is 11. The molecule has 85 heavy (non-hydrogen) atoms. The van der Waals surface area contributed by atoms with E-state index >= 15 is 0 Å². The monoisotopic (exact) mass is 1180 g/mol. The number of rotatable bonds is 30. The van der Waals surface area contributed by atoms with E-state index in [4.69, 9.17) is 57.2 Å². The molecule has 0 radical (unpaired) electrons. The molecule has 1 aromatic heterocycles. The van der Waals surface area contributed by atoms with E-state index in [-0.39, 0.29) is 64.7 Å². The molecular weight excluding hydrogens is 1120 g/mol. The molecule has 2 atom stereocenters. The number of carboxylic acid groups (broad SMARTS) is 1. The molecule has 0 fully saturated rings. The molecule has 0 saturated carbocycles. The Hall–Kier alpha value is -10.2. The summed E-state index contributed by atoms with van der Waals surface area (Å²) >= 11 is 0. The molecule has 27 heteroatoms.